The van der Waals surface area contributed by atoms with Gasteiger partial charge in [0.15, 0.2) is 0 Å². The Morgan fingerprint density at radius 1 is 1.45 bits per heavy atom. The fourth-order valence-corrected chi connectivity index (χ4v) is 1.30. The molecule has 0 aliphatic carbocycles. The van der Waals surface area contributed by atoms with E-state index in [9.17, 15) is 4.79 Å². The van der Waals surface area contributed by atoms with Crippen LogP contribution in [0.1, 0.15) is 19.8 Å². The molecule has 0 aromatic heterocycles. The van der Waals surface area contributed by atoms with Crippen molar-refractivity contribution in [3.8, 4) is 0 Å². The highest BCUT2D eigenvalue weighted by atomic mass is 16.5. The highest BCUT2D eigenvalue weighted by Gasteiger charge is 2.22. The summed E-state index contributed by atoms with van der Waals surface area (Å²) in [6, 6.07) is 0. The molecular formula is C8H15NO2. The Labute approximate surface area is 67.3 Å². The molecule has 1 saturated heterocycles. The molecule has 1 rings (SSSR count). The molecule has 0 unspecified atom stereocenters. The van der Waals surface area contributed by atoms with Crippen molar-refractivity contribution in [3.05, 3.63) is 0 Å². The number of carbonyl (C=O) groups is 1. The SMILES string of the molecule is CO[C@@H](C)C(=O)N1CCCC1. The lowest BCUT2D eigenvalue weighted by Crippen LogP contribution is -2.36. The summed E-state index contributed by atoms with van der Waals surface area (Å²) in [5.74, 6) is 0.130. The number of rotatable bonds is 2. The third kappa shape index (κ3) is 1.93. The van der Waals surface area contributed by atoms with Gasteiger partial charge in [-0.25, -0.2) is 0 Å². The van der Waals surface area contributed by atoms with E-state index in [1.807, 2.05) is 4.90 Å². The van der Waals surface area contributed by atoms with E-state index in [2.05, 4.69) is 0 Å². The van der Waals surface area contributed by atoms with Crippen LogP contribution in [0.2, 0.25) is 0 Å². The lowest BCUT2D eigenvalue weighted by atomic mass is 10.3. The van der Waals surface area contributed by atoms with Gasteiger partial charge >= 0.3 is 0 Å². The number of methoxy groups -OCH3 is 1. The quantitative estimate of drug-likeness (QED) is 0.589. The molecule has 0 spiro atoms. The monoisotopic (exact) mass is 157 g/mol. The lowest BCUT2D eigenvalue weighted by molar-refractivity contribution is -0.139. The van der Waals surface area contributed by atoms with Crippen LogP contribution < -0.4 is 0 Å². The first-order chi connectivity index (χ1) is 5.25. The van der Waals surface area contributed by atoms with Crippen molar-refractivity contribution in [2.24, 2.45) is 0 Å². The molecule has 1 amide bonds. The number of nitrogens with zero attached hydrogens (tertiary/aromatic N) is 1. The zero-order chi connectivity index (χ0) is 8.27. The van der Waals surface area contributed by atoms with Crippen molar-refractivity contribution in [3.63, 3.8) is 0 Å². The van der Waals surface area contributed by atoms with Crippen molar-refractivity contribution in [1.82, 2.24) is 4.90 Å². The molecule has 0 bridgehead atoms. The van der Waals surface area contributed by atoms with E-state index in [0.29, 0.717) is 0 Å². The molecule has 3 nitrogen and oxygen atoms in total. The van der Waals surface area contributed by atoms with Crippen LogP contribution in [0, 0.1) is 0 Å². The van der Waals surface area contributed by atoms with Crippen LogP contribution in [-0.2, 0) is 9.53 Å². The van der Waals surface area contributed by atoms with Gasteiger partial charge in [-0.05, 0) is 19.8 Å². The van der Waals surface area contributed by atoms with E-state index in [1.165, 1.54) is 0 Å². The van der Waals surface area contributed by atoms with Gasteiger partial charge in [-0.3, -0.25) is 4.79 Å². The Bertz CT molecular complexity index is 141. The summed E-state index contributed by atoms with van der Waals surface area (Å²) in [5, 5.41) is 0. The molecule has 0 saturated carbocycles. The molecule has 0 N–H and O–H groups in total. The van der Waals surface area contributed by atoms with Gasteiger partial charge in [0.25, 0.3) is 5.91 Å². The van der Waals surface area contributed by atoms with Crippen molar-refractivity contribution >= 4 is 5.91 Å². The lowest BCUT2D eigenvalue weighted by Gasteiger charge is -2.18. The first-order valence-corrected chi connectivity index (χ1v) is 4.07. The maximum Gasteiger partial charge on any atom is 0.251 e. The second kappa shape index (κ2) is 3.72. The zero-order valence-electron chi connectivity index (χ0n) is 7.17. The Morgan fingerprint density at radius 2 is 2.00 bits per heavy atom. The summed E-state index contributed by atoms with van der Waals surface area (Å²) in [5.41, 5.74) is 0. The minimum atomic E-state index is -0.270. The first kappa shape index (κ1) is 8.53. The summed E-state index contributed by atoms with van der Waals surface area (Å²) < 4.78 is 4.93. The zero-order valence-corrected chi connectivity index (χ0v) is 7.17. The number of hydrogen-bond acceptors (Lipinski definition) is 2. The summed E-state index contributed by atoms with van der Waals surface area (Å²) in [6.07, 6.45) is 2.01. The standard InChI is InChI=1S/C8H15NO2/c1-7(11-2)8(10)9-5-3-4-6-9/h7H,3-6H2,1-2H3/t7-/m0/s1. The van der Waals surface area contributed by atoms with Crippen LogP contribution in [0.25, 0.3) is 0 Å². The number of carbonyl (C=O) groups excluding carboxylic acids is 1. The van der Waals surface area contributed by atoms with Crippen LogP contribution in [0.5, 0.6) is 0 Å². The van der Waals surface area contributed by atoms with Crippen molar-refractivity contribution < 1.29 is 9.53 Å². The first-order valence-electron chi connectivity index (χ1n) is 4.07. The molecule has 1 aliphatic heterocycles. The van der Waals surface area contributed by atoms with E-state index in [4.69, 9.17) is 4.74 Å². The van der Waals surface area contributed by atoms with Crippen LogP contribution in [0.4, 0.5) is 0 Å². The minimum absolute atomic E-state index is 0.130. The average molecular weight is 157 g/mol. The smallest absolute Gasteiger partial charge is 0.251 e. The Hall–Kier alpha value is -0.570. The highest BCUT2D eigenvalue weighted by Crippen LogP contribution is 2.09. The predicted molar refractivity (Wildman–Crippen MR) is 42.3 cm³/mol. The van der Waals surface area contributed by atoms with Gasteiger partial charge in [0, 0.05) is 20.2 Å². The third-order valence-electron chi connectivity index (χ3n) is 2.12. The average Bonchev–Trinajstić information content (AvgIpc) is 2.53. The van der Waals surface area contributed by atoms with Crippen molar-refractivity contribution in [2.75, 3.05) is 20.2 Å². The van der Waals surface area contributed by atoms with E-state index in [-0.39, 0.29) is 12.0 Å². The molecule has 64 valence electrons. The van der Waals surface area contributed by atoms with Gasteiger partial charge in [0.2, 0.25) is 0 Å². The number of hydrogen-bond donors (Lipinski definition) is 0. The summed E-state index contributed by atoms with van der Waals surface area (Å²) in [6.45, 7) is 3.61. The van der Waals surface area contributed by atoms with E-state index in [0.717, 1.165) is 25.9 Å². The number of amides is 1. The van der Waals surface area contributed by atoms with Crippen LogP contribution in [0.3, 0.4) is 0 Å². The maximum absolute atomic E-state index is 11.4. The second-order valence-corrected chi connectivity index (χ2v) is 2.91. The number of ether oxygens (including phenoxy) is 1. The molecule has 0 aromatic carbocycles. The topological polar surface area (TPSA) is 29.5 Å². The Morgan fingerprint density at radius 3 is 2.45 bits per heavy atom. The summed E-state index contributed by atoms with van der Waals surface area (Å²) >= 11 is 0. The predicted octanol–water partition coefficient (Wildman–Crippen LogP) is 0.644. The fraction of sp³-hybridized carbons (Fsp3) is 0.875. The van der Waals surface area contributed by atoms with E-state index in [1.54, 1.807) is 14.0 Å². The molecule has 11 heavy (non-hydrogen) atoms. The van der Waals surface area contributed by atoms with Gasteiger partial charge in [0.05, 0.1) is 0 Å². The van der Waals surface area contributed by atoms with Gasteiger partial charge in [-0.1, -0.05) is 0 Å². The molecule has 1 atom stereocenters. The molecule has 1 fully saturated rings. The van der Waals surface area contributed by atoms with Crippen molar-refractivity contribution in [2.45, 2.75) is 25.9 Å². The van der Waals surface area contributed by atoms with Crippen LogP contribution in [-0.4, -0.2) is 37.1 Å². The molecule has 3 heteroatoms. The van der Waals surface area contributed by atoms with Gasteiger partial charge in [-0.15, -0.1) is 0 Å². The second-order valence-electron chi connectivity index (χ2n) is 2.91. The highest BCUT2D eigenvalue weighted by molar-refractivity contribution is 5.80. The molecule has 0 aromatic rings. The van der Waals surface area contributed by atoms with E-state index < -0.39 is 0 Å². The molecular weight excluding hydrogens is 142 g/mol. The largest absolute Gasteiger partial charge is 0.372 e. The third-order valence-corrected chi connectivity index (χ3v) is 2.12. The normalized spacial score (nSPS) is 20.4. The summed E-state index contributed by atoms with van der Waals surface area (Å²) in [4.78, 5) is 13.2. The maximum atomic E-state index is 11.4. The van der Waals surface area contributed by atoms with Gasteiger partial charge in [-0.2, -0.15) is 0 Å². The molecule has 1 heterocycles. The molecule has 0 radical (unpaired) electrons. The fourth-order valence-electron chi connectivity index (χ4n) is 1.30. The van der Waals surface area contributed by atoms with Gasteiger partial charge in [0.1, 0.15) is 6.10 Å². The van der Waals surface area contributed by atoms with Crippen molar-refractivity contribution in [1.29, 1.82) is 0 Å². The Kier molecular flexibility index (Phi) is 2.88. The number of likely N-dealkylation sites (tertiary alicyclic amines) is 1. The Balaban J connectivity index is 2.39. The summed E-state index contributed by atoms with van der Waals surface area (Å²) in [7, 11) is 1.57. The van der Waals surface area contributed by atoms with Gasteiger partial charge < -0.3 is 9.64 Å². The van der Waals surface area contributed by atoms with E-state index >= 15 is 0 Å². The van der Waals surface area contributed by atoms with Crippen LogP contribution in [0.15, 0.2) is 0 Å². The molecule has 1 aliphatic rings. The minimum Gasteiger partial charge on any atom is -0.372 e. The van der Waals surface area contributed by atoms with Crippen LogP contribution >= 0.6 is 0 Å².